The number of methoxy groups -OCH3 is 2. The number of ether oxygens (including phenoxy) is 3. The van der Waals surface area contributed by atoms with Crippen LogP contribution in [0.3, 0.4) is 0 Å². The van der Waals surface area contributed by atoms with Gasteiger partial charge >= 0.3 is 0 Å². The minimum Gasteiger partial charge on any atom is -0.496 e. The topological polar surface area (TPSA) is 65.0 Å². The number of hydrogen-bond donors (Lipinski definition) is 1. The zero-order valence-corrected chi connectivity index (χ0v) is 33.4. The maximum absolute atomic E-state index is 12.6. The standard InChI is InChI=1S/C21H24O2.C21H24O.C4H8O.CH4O/c1-13-11-15-16(19(13)22)12-17(21(2,3)4)20(23-5)18(15)14-9-7-6-8-10-14;1-14-11-16-13-18(21(2,3)4)20(22-5)19(17(16)12-14)15-9-7-6-8-10-15;1-2-4-5-3-1;1-2/h6-10,12-13H,11H2,1-5H3;6-11,13H,12H2,1-5H3;1-4H2;2H,1H3. The smallest absolute Gasteiger partial charge is 0.166 e. The number of benzene rings is 4. The molecule has 0 aromatic heterocycles. The molecule has 278 valence electrons. The van der Waals surface area contributed by atoms with Gasteiger partial charge in [-0.25, -0.2) is 0 Å². The molecular weight excluding hydrogens is 645 g/mol. The van der Waals surface area contributed by atoms with Gasteiger partial charge in [-0.2, -0.15) is 0 Å². The van der Waals surface area contributed by atoms with Crippen LogP contribution in [-0.2, 0) is 28.4 Å². The minimum atomic E-state index is -0.0873. The van der Waals surface area contributed by atoms with Gasteiger partial charge in [0, 0.05) is 54.1 Å². The molecule has 4 aromatic rings. The molecule has 0 spiro atoms. The van der Waals surface area contributed by atoms with Gasteiger partial charge in [0.15, 0.2) is 5.78 Å². The Kier molecular flexibility index (Phi) is 13.7. The van der Waals surface area contributed by atoms with Gasteiger partial charge < -0.3 is 19.3 Å². The zero-order valence-electron chi connectivity index (χ0n) is 33.4. The van der Waals surface area contributed by atoms with Crippen molar-refractivity contribution in [3.63, 3.8) is 0 Å². The van der Waals surface area contributed by atoms with Crippen LogP contribution in [0, 0.1) is 5.92 Å². The van der Waals surface area contributed by atoms with Crippen molar-refractivity contribution in [3.8, 4) is 33.8 Å². The van der Waals surface area contributed by atoms with E-state index in [1.165, 1.54) is 46.2 Å². The Labute approximate surface area is 313 Å². The molecule has 1 atom stereocenters. The van der Waals surface area contributed by atoms with E-state index < -0.39 is 0 Å². The third kappa shape index (κ3) is 9.05. The molecule has 7 rings (SSSR count). The first-order valence-electron chi connectivity index (χ1n) is 18.6. The molecule has 1 N–H and O–H groups in total. The number of allylic oxidation sites excluding steroid dienone is 1. The molecule has 3 aliphatic rings. The second-order valence-corrected chi connectivity index (χ2v) is 15.9. The van der Waals surface area contributed by atoms with E-state index in [2.05, 4.69) is 109 Å². The summed E-state index contributed by atoms with van der Waals surface area (Å²) >= 11 is 0. The lowest BCUT2D eigenvalue weighted by Crippen LogP contribution is -2.15. The van der Waals surface area contributed by atoms with Crippen LogP contribution in [0.15, 0.2) is 78.4 Å². The molecule has 0 saturated carbocycles. The van der Waals surface area contributed by atoms with Crippen molar-refractivity contribution < 1.29 is 24.1 Å². The number of hydrogen-bond acceptors (Lipinski definition) is 5. The highest BCUT2D eigenvalue weighted by Crippen LogP contribution is 2.47. The minimum absolute atomic E-state index is 0.0485. The Balaban J connectivity index is 0.000000197. The summed E-state index contributed by atoms with van der Waals surface area (Å²) in [5.41, 5.74) is 13.2. The summed E-state index contributed by atoms with van der Waals surface area (Å²) in [5.74, 6) is 2.24. The SMILES string of the molecule is C1CCOC1.CO.COc1c(C(C)(C)C)cc2c(c1-c1ccccc1)CC(C)=C2.COc1c(C(C)(C)C)cc2c(c1-c1ccccc1)CC(C)C2=O. The molecule has 2 aliphatic carbocycles. The largest absolute Gasteiger partial charge is 0.496 e. The number of carbonyl (C=O) groups excluding carboxylic acids is 1. The van der Waals surface area contributed by atoms with Crippen LogP contribution < -0.4 is 9.47 Å². The van der Waals surface area contributed by atoms with Gasteiger partial charge in [-0.05, 0) is 83.4 Å². The summed E-state index contributed by atoms with van der Waals surface area (Å²) in [6, 6.07) is 25.3. The number of carbonyl (C=O) groups is 1. The summed E-state index contributed by atoms with van der Waals surface area (Å²) in [7, 11) is 4.52. The summed E-state index contributed by atoms with van der Waals surface area (Å²) < 4.78 is 16.7. The first kappa shape index (κ1) is 40.6. The zero-order chi connectivity index (χ0) is 38.2. The van der Waals surface area contributed by atoms with E-state index in [1.54, 1.807) is 14.2 Å². The summed E-state index contributed by atoms with van der Waals surface area (Å²) in [6.45, 7) is 19.4. The van der Waals surface area contributed by atoms with Gasteiger partial charge in [0.05, 0.1) is 14.2 Å². The number of aliphatic hydroxyl groups is 1. The van der Waals surface area contributed by atoms with Gasteiger partial charge in [-0.15, -0.1) is 0 Å². The highest BCUT2D eigenvalue weighted by atomic mass is 16.5. The predicted octanol–water partition coefficient (Wildman–Crippen LogP) is 11.1. The average Bonchev–Trinajstić information content (AvgIpc) is 3.89. The lowest BCUT2D eigenvalue weighted by Gasteiger charge is -2.26. The fourth-order valence-corrected chi connectivity index (χ4v) is 7.31. The summed E-state index contributed by atoms with van der Waals surface area (Å²) in [4.78, 5) is 12.6. The Morgan fingerprint density at radius 2 is 1.17 bits per heavy atom. The van der Waals surface area contributed by atoms with Crippen molar-refractivity contribution in [2.75, 3.05) is 34.5 Å². The molecule has 1 saturated heterocycles. The number of Topliss-reactive ketones (excluding diaryl/α,β-unsaturated/α-hetero) is 1. The molecule has 0 radical (unpaired) electrons. The van der Waals surface area contributed by atoms with Crippen molar-refractivity contribution in [1.29, 1.82) is 0 Å². The lowest BCUT2D eigenvalue weighted by atomic mass is 9.81. The van der Waals surface area contributed by atoms with Gasteiger partial charge in [0.1, 0.15) is 11.5 Å². The summed E-state index contributed by atoms with van der Waals surface area (Å²) in [6.07, 6.45) is 6.68. The van der Waals surface area contributed by atoms with Crippen molar-refractivity contribution in [3.05, 3.63) is 112 Å². The molecule has 1 aliphatic heterocycles. The van der Waals surface area contributed by atoms with Gasteiger partial charge in [-0.3, -0.25) is 4.79 Å². The molecule has 1 fully saturated rings. The molecule has 5 heteroatoms. The van der Waals surface area contributed by atoms with Crippen molar-refractivity contribution in [2.24, 2.45) is 5.92 Å². The van der Waals surface area contributed by atoms with Gasteiger partial charge in [0.25, 0.3) is 0 Å². The van der Waals surface area contributed by atoms with Crippen LogP contribution in [-0.4, -0.2) is 45.4 Å². The summed E-state index contributed by atoms with van der Waals surface area (Å²) in [5, 5.41) is 7.00. The average molecular weight is 705 g/mol. The third-order valence-electron chi connectivity index (χ3n) is 9.87. The second kappa shape index (κ2) is 17.6. The second-order valence-electron chi connectivity index (χ2n) is 15.9. The van der Waals surface area contributed by atoms with Crippen molar-refractivity contribution in [1.82, 2.24) is 0 Å². The Bertz CT molecular complexity index is 1830. The number of ketones is 1. The van der Waals surface area contributed by atoms with Crippen LogP contribution in [0.1, 0.15) is 106 Å². The van der Waals surface area contributed by atoms with Crippen LogP contribution >= 0.6 is 0 Å². The Morgan fingerprint density at radius 3 is 1.60 bits per heavy atom. The van der Waals surface area contributed by atoms with E-state index >= 15 is 0 Å². The monoisotopic (exact) mass is 704 g/mol. The van der Waals surface area contributed by atoms with Crippen molar-refractivity contribution >= 4 is 11.9 Å². The van der Waals surface area contributed by atoms with E-state index in [0.29, 0.717) is 0 Å². The molecule has 0 amide bonds. The van der Waals surface area contributed by atoms with Gasteiger partial charge in [-0.1, -0.05) is 121 Å². The van der Waals surface area contributed by atoms with Crippen LogP contribution in [0.4, 0.5) is 0 Å². The first-order chi connectivity index (χ1) is 24.8. The fraction of sp³-hybridized carbons (Fsp3) is 0.426. The van der Waals surface area contributed by atoms with Crippen LogP contribution in [0.2, 0.25) is 0 Å². The van der Waals surface area contributed by atoms with E-state index in [-0.39, 0.29) is 22.5 Å². The molecule has 0 bridgehead atoms. The lowest BCUT2D eigenvalue weighted by molar-refractivity contribution is 0.0946. The number of aliphatic hydroxyl groups excluding tert-OH is 1. The van der Waals surface area contributed by atoms with Crippen molar-refractivity contribution in [2.45, 2.75) is 91.9 Å². The van der Waals surface area contributed by atoms with E-state index in [1.807, 2.05) is 25.1 Å². The maximum Gasteiger partial charge on any atom is 0.166 e. The van der Waals surface area contributed by atoms with E-state index in [0.717, 1.165) is 72.5 Å². The maximum atomic E-state index is 12.6. The van der Waals surface area contributed by atoms with E-state index in [9.17, 15) is 4.79 Å². The predicted molar refractivity (Wildman–Crippen MR) is 217 cm³/mol. The molecule has 4 aromatic carbocycles. The fourth-order valence-electron chi connectivity index (χ4n) is 7.31. The third-order valence-corrected chi connectivity index (χ3v) is 9.87. The Hall–Kier alpha value is -4.19. The number of fused-ring (bicyclic) bond motifs is 2. The quantitative estimate of drug-likeness (QED) is 0.229. The van der Waals surface area contributed by atoms with Crippen LogP contribution in [0.5, 0.6) is 11.5 Å². The first-order valence-corrected chi connectivity index (χ1v) is 18.6. The highest BCUT2D eigenvalue weighted by molar-refractivity contribution is 6.05. The van der Waals surface area contributed by atoms with E-state index in [4.69, 9.17) is 19.3 Å². The van der Waals surface area contributed by atoms with Crippen LogP contribution in [0.25, 0.3) is 28.3 Å². The van der Waals surface area contributed by atoms with Gasteiger partial charge in [0.2, 0.25) is 0 Å². The normalized spacial score (nSPS) is 15.9. The molecule has 1 heterocycles. The Morgan fingerprint density at radius 1 is 0.712 bits per heavy atom. The molecular formula is C47H60O5. The molecule has 5 nitrogen and oxygen atoms in total. The highest BCUT2D eigenvalue weighted by Gasteiger charge is 2.35. The molecule has 1 unspecified atom stereocenters. The number of rotatable bonds is 4. The molecule has 52 heavy (non-hydrogen) atoms.